The standard InChI is InChI=1S/C12H12ClNO4/c1-18-7-2-3-9(13)10(6-7)14-5-4-8(11(14)15)12(16)17/h2-3,6,8H,4-5H2,1H3,(H,16,17). The zero-order valence-electron chi connectivity index (χ0n) is 9.72. The maximum absolute atomic E-state index is 11.9. The molecule has 18 heavy (non-hydrogen) atoms. The molecule has 1 atom stereocenters. The minimum absolute atomic E-state index is 0.293. The number of carbonyl (C=O) groups excluding carboxylic acids is 1. The van der Waals surface area contributed by atoms with Crippen molar-refractivity contribution in [1.29, 1.82) is 0 Å². The second-order valence-corrected chi connectivity index (χ2v) is 4.39. The summed E-state index contributed by atoms with van der Waals surface area (Å²) in [5, 5.41) is 9.31. The number of halogens is 1. The summed E-state index contributed by atoms with van der Waals surface area (Å²) in [6, 6.07) is 4.93. The van der Waals surface area contributed by atoms with E-state index in [1.54, 1.807) is 18.2 Å². The summed E-state index contributed by atoms with van der Waals surface area (Å²) in [5.74, 6) is -1.94. The van der Waals surface area contributed by atoms with Crippen LogP contribution in [0, 0.1) is 5.92 Å². The lowest BCUT2D eigenvalue weighted by Gasteiger charge is -2.18. The van der Waals surface area contributed by atoms with E-state index in [1.165, 1.54) is 12.0 Å². The monoisotopic (exact) mass is 269 g/mol. The molecule has 1 aliphatic rings. The molecule has 6 heteroatoms. The van der Waals surface area contributed by atoms with Gasteiger partial charge in [0, 0.05) is 12.6 Å². The molecule has 96 valence electrons. The summed E-state index contributed by atoms with van der Waals surface area (Å²) < 4.78 is 5.07. The summed E-state index contributed by atoms with van der Waals surface area (Å²) >= 11 is 6.03. The summed E-state index contributed by atoms with van der Waals surface area (Å²) in [7, 11) is 1.51. The Morgan fingerprint density at radius 2 is 2.28 bits per heavy atom. The third-order valence-electron chi connectivity index (χ3n) is 2.95. The Kier molecular flexibility index (Phi) is 3.43. The van der Waals surface area contributed by atoms with Crippen molar-refractivity contribution >= 4 is 29.2 Å². The number of ether oxygens (including phenoxy) is 1. The largest absolute Gasteiger partial charge is 0.497 e. The Labute approximate surface area is 109 Å². The van der Waals surface area contributed by atoms with Crippen molar-refractivity contribution in [2.24, 2.45) is 5.92 Å². The average Bonchev–Trinajstić information content (AvgIpc) is 2.72. The number of methoxy groups -OCH3 is 1. The van der Waals surface area contributed by atoms with E-state index in [0.29, 0.717) is 29.4 Å². The number of carboxylic acid groups (broad SMARTS) is 1. The quantitative estimate of drug-likeness (QED) is 0.850. The molecule has 1 aliphatic heterocycles. The van der Waals surface area contributed by atoms with Crippen molar-refractivity contribution in [2.45, 2.75) is 6.42 Å². The van der Waals surface area contributed by atoms with Crippen LogP contribution < -0.4 is 9.64 Å². The zero-order valence-corrected chi connectivity index (χ0v) is 10.5. The molecule has 1 aromatic carbocycles. The highest BCUT2D eigenvalue weighted by Gasteiger charge is 2.38. The smallest absolute Gasteiger partial charge is 0.316 e. The highest BCUT2D eigenvalue weighted by Crippen LogP contribution is 2.34. The first-order valence-corrected chi connectivity index (χ1v) is 5.80. The fourth-order valence-corrected chi connectivity index (χ4v) is 2.19. The van der Waals surface area contributed by atoms with Crippen LogP contribution in [0.3, 0.4) is 0 Å². The van der Waals surface area contributed by atoms with Gasteiger partial charge in [-0.1, -0.05) is 11.6 Å². The number of carboxylic acids is 1. The first-order valence-electron chi connectivity index (χ1n) is 5.42. The average molecular weight is 270 g/mol. The lowest BCUT2D eigenvalue weighted by atomic mass is 10.1. The van der Waals surface area contributed by atoms with Crippen molar-refractivity contribution in [3.8, 4) is 5.75 Å². The summed E-state index contributed by atoms with van der Waals surface area (Å²) in [4.78, 5) is 24.2. The van der Waals surface area contributed by atoms with Crippen LogP contribution >= 0.6 is 11.6 Å². The fraction of sp³-hybridized carbons (Fsp3) is 0.333. The van der Waals surface area contributed by atoms with Crippen LogP contribution in [-0.4, -0.2) is 30.6 Å². The maximum atomic E-state index is 11.9. The second kappa shape index (κ2) is 4.86. The van der Waals surface area contributed by atoms with Crippen molar-refractivity contribution in [3.05, 3.63) is 23.2 Å². The lowest BCUT2D eigenvalue weighted by molar-refractivity contribution is -0.144. The first-order chi connectivity index (χ1) is 8.54. The highest BCUT2D eigenvalue weighted by molar-refractivity contribution is 6.34. The van der Waals surface area contributed by atoms with Gasteiger partial charge in [-0.25, -0.2) is 0 Å². The molecule has 1 fully saturated rings. The zero-order chi connectivity index (χ0) is 13.3. The molecule has 5 nitrogen and oxygen atoms in total. The van der Waals surface area contributed by atoms with E-state index in [4.69, 9.17) is 21.4 Å². The number of anilines is 1. The van der Waals surface area contributed by atoms with E-state index in [-0.39, 0.29) is 0 Å². The number of benzene rings is 1. The first kappa shape index (κ1) is 12.7. The summed E-state index contributed by atoms with van der Waals surface area (Å²) in [6.45, 7) is 0.350. The molecule has 1 unspecified atom stereocenters. The molecule has 1 aromatic rings. The Morgan fingerprint density at radius 1 is 1.56 bits per heavy atom. The molecule has 1 amide bonds. The van der Waals surface area contributed by atoms with E-state index in [1.807, 2.05) is 0 Å². The minimum atomic E-state index is -1.10. The Morgan fingerprint density at radius 3 is 2.83 bits per heavy atom. The van der Waals surface area contributed by atoms with Crippen LogP contribution in [-0.2, 0) is 9.59 Å². The number of nitrogens with zero attached hydrogens (tertiary/aromatic N) is 1. The number of hydrogen-bond donors (Lipinski definition) is 1. The van der Waals surface area contributed by atoms with Crippen LogP contribution in [0.25, 0.3) is 0 Å². The highest BCUT2D eigenvalue weighted by atomic mass is 35.5. The third kappa shape index (κ3) is 2.13. The summed E-state index contributed by atoms with van der Waals surface area (Å²) in [5.41, 5.74) is 0.491. The minimum Gasteiger partial charge on any atom is -0.497 e. The van der Waals surface area contributed by atoms with E-state index >= 15 is 0 Å². The fourth-order valence-electron chi connectivity index (χ4n) is 1.97. The molecule has 1 saturated heterocycles. The van der Waals surface area contributed by atoms with Crippen molar-refractivity contribution in [2.75, 3.05) is 18.6 Å². The number of aliphatic carboxylic acids is 1. The SMILES string of the molecule is COc1ccc(Cl)c(N2CCC(C(=O)O)C2=O)c1. The predicted molar refractivity (Wildman–Crippen MR) is 66.1 cm³/mol. The third-order valence-corrected chi connectivity index (χ3v) is 3.27. The van der Waals surface area contributed by atoms with Gasteiger partial charge in [-0.2, -0.15) is 0 Å². The number of carbonyl (C=O) groups is 2. The predicted octanol–water partition coefficient (Wildman–Crippen LogP) is 1.79. The van der Waals surface area contributed by atoms with Crippen molar-refractivity contribution < 1.29 is 19.4 Å². The lowest BCUT2D eigenvalue weighted by Crippen LogP contribution is -2.30. The Balaban J connectivity index is 2.33. The van der Waals surface area contributed by atoms with Gasteiger partial charge in [-0.15, -0.1) is 0 Å². The molecule has 0 aliphatic carbocycles. The van der Waals surface area contributed by atoms with Crippen LogP contribution in [0.5, 0.6) is 5.75 Å². The van der Waals surface area contributed by atoms with Gasteiger partial charge in [0.25, 0.3) is 0 Å². The molecule has 2 rings (SSSR count). The maximum Gasteiger partial charge on any atom is 0.316 e. The van der Waals surface area contributed by atoms with E-state index in [0.717, 1.165) is 0 Å². The van der Waals surface area contributed by atoms with E-state index in [2.05, 4.69) is 0 Å². The van der Waals surface area contributed by atoms with Gasteiger partial charge in [0.05, 0.1) is 17.8 Å². The van der Waals surface area contributed by atoms with Crippen LogP contribution in [0.2, 0.25) is 5.02 Å². The van der Waals surface area contributed by atoms with E-state index in [9.17, 15) is 9.59 Å². The molecular formula is C12H12ClNO4. The van der Waals surface area contributed by atoms with Crippen molar-refractivity contribution in [3.63, 3.8) is 0 Å². The van der Waals surface area contributed by atoms with Crippen LogP contribution in [0.1, 0.15) is 6.42 Å². The molecule has 0 bridgehead atoms. The van der Waals surface area contributed by atoms with Gasteiger partial charge < -0.3 is 14.7 Å². The number of rotatable bonds is 3. The van der Waals surface area contributed by atoms with Gasteiger partial charge in [0.1, 0.15) is 11.7 Å². The Hall–Kier alpha value is -1.75. The van der Waals surface area contributed by atoms with Gasteiger partial charge in [-0.3, -0.25) is 9.59 Å². The molecule has 0 radical (unpaired) electrons. The Bertz CT molecular complexity index is 503. The molecular weight excluding hydrogens is 258 g/mol. The van der Waals surface area contributed by atoms with E-state index < -0.39 is 17.8 Å². The molecule has 1 heterocycles. The normalized spacial score (nSPS) is 19.1. The van der Waals surface area contributed by atoms with Crippen LogP contribution in [0.15, 0.2) is 18.2 Å². The second-order valence-electron chi connectivity index (χ2n) is 3.99. The van der Waals surface area contributed by atoms with Crippen molar-refractivity contribution in [1.82, 2.24) is 0 Å². The molecule has 1 N–H and O–H groups in total. The number of amides is 1. The summed E-state index contributed by atoms with van der Waals surface area (Å²) in [6.07, 6.45) is 0.293. The van der Waals surface area contributed by atoms with Crippen LogP contribution in [0.4, 0.5) is 5.69 Å². The van der Waals surface area contributed by atoms with Gasteiger partial charge in [-0.05, 0) is 18.6 Å². The molecule has 0 spiro atoms. The number of hydrogen-bond acceptors (Lipinski definition) is 3. The molecule has 0 saturated carbocycles. The van der Waals surface area contributed by atoms with Gasteiger partial charge >= 0.3 is 5.97 Å². The van der Waals surface area contributed by atoms with Gasteiger partial charge in [0.15, 0.2) is 0 Å². The topological polar surface area (TPSA) is 66.8 Å². The van der Waals surface area contributed by atoms with Gasteiger partial charge in [0.2, 0.25) is 5.91 Å². The molecule has 0 aromatic heterocycles.